The lowest BCUT2D eigenvalue weighted by atomic mass is 10.2. The number of hydrogen-bond acceptors (Lipinski definition) is 6. The first-order valence-electron chi connectivity index (χ1n) is 10.8. The molecule has 1 aliphatic heterocycles. The van der Waals surface area contributed by atoms with E-state index in [2.05, 4.69) is 67.0 Å². The fourth-order valence-electron chi connectivity index (χ4n) is 4.29. The maximum absolute atomic E-state index is 5.90. The molecule has 0 unspecified atom stereocenters. The van der Waals surface area contributed by atoms with Gasteiger partial charge in [-0.05, 0) is 24.4 Å². The van der Waals surface area contributed by atoms with Crippen molar-refractivity contribution in [3.05, 3.63) is 65.6 Å². The third-order valence-electron chi connectivity index (χ3n) is 6.02. The predicted molar refractivity (Wildman–Crippen MR) is 129 cm³/mol. The summed E-state index contributed by atoms with van der Waals surface area (Å²) in [5.41, 5.74) is 10.7. The van der Waals surface area contributed by atoms with Gasteiger partial charge in [-0.25, -0.2) is 4.68 Å². The summed E-state index contributed by atoms with van der Waals surface area (Å²) in [5, 5.41) is 5.86. The topological polar surface area (TPSA) is 81.0 Å². The highest BCUT2D eigenvalue weighted by atomic mass is 15.3. The second-order valence-corrected chi connectivity index (χ2v) is 8.42. The molecule has 0 saturated carbocycles. The van der Waals surface area contributed by atoms with E-state index in [4.69, 9.17) is 5.73 Å². The van der Waals surface area contributed by atoms with E-state index in [1.54, 1.807) is 0 Å². The van der Waals surface area contributed by atoms with Crippen LogP contribution in [0.4, 0.5) is 11.8 Å². The molecule has 8 nitrogen and oxygen atoms in total. The Morgan fingerprint density at radius 3 is 2.81 bits per heavy atom. The van der Waals surface area contributed by atoms with Crippen LogP contribution in [0.15, 0.2) is 48.7 Å². The Balaban J connectivity index is 1.30. The molecular formula is C24H28N8. The zero-order chi connectivity index (χ0) is 22.2. The highest BCUT2D eigenvalue weighted by Crippen LogP contribution is 2.24. The molecule has 0 saturated heterocycles. The Kier molecular flexibility index (Phi) is 5.14. The van der Waals surface area contributed by atoms with Crippen molar-refractivity contribution < 1.29 is 0 Å². The van der Waals surface area contributed by atoms with E-state index in [1.807, 2.05) is 42.9 Å². The summed E-state index contributed by atoms with van der Waals surface area (Å²) < 4.78 is 4.25. The van der Waals surface area contributed by atoms with Crippen molar-refractivity contribution in [2.45, 2.75) is 20.0 Å². The van der Waals surface area contributed by atoms with E-state index in [1.165, 1.54) is 16.6 Å². The average molecular weight is 429 g/mol. The number of aromatic nitrogens is 5. The Labute approximate surface area is 187 Å². The molecule has 3 aromatic heterocycles. The molecule has 164 valence electrons. The molecular weight excluding hydrogens is 400 g/mol. The van der Waals surface area contributed by atoms with Gasteiger partial charge in [0.05, 0.1) is 11.9 Å². The SMILES string of the molecule is Cc1c(/C=C/CN2CCn3c(cc4ccccc43)C2)cnn1-c1cc(N(C)C)nc(N)n1. The van der Waals surface area contributed by atoms with E-state index < -0.39 is 0 Å². The first kappa shape index (κ1) is 20.3. The van der Waals surface area contributed by atoms with Gasteiger partial charge in [-0.2, -0.15) is 15.1 Å². The molecule has 32 heavy (non-hydrogen) atoms. The van der Waals surface area contributed by atoms with Crippen LogP contribution in [0.1, 0.15) is 17.0 Å². The van der Waals surface area contributed by atoms with E-state index >= 15 is 0 Å². The fourth-order valence-corrected chi connectivity index (χ4v) is 4.29. The number of para-hydroxylation sites is 1. The second kappa shape index (κ2) is 8.12. The van der Waals surface area contributed by atoms with Crippen LogP contribution in [0.3, 0.4) is 0 Å². The Morgan fingerprint density at radius 1 is 1.12 bits per heavy atom. The number of nitrogens with zero attached hydrogens (tertiary/aromatic N) is 7. The van der Waals surface area contributed by atoms with Gasteiger partial charge in [0.25, 0.3) is 0 Å². The fraction of sp³-hybridized carbons (Fsp3) is 0.292. The highest BCUT2D eigenvalue weighted by Gasteiger charge is 2.17. The molecule has 0 radical (unpaired) electrons. The predicted octanol–water partition coefficient (Wildman–Crippen LogP) is 3.10. The molecule has 8 heteroatoms. The smallest absolute Gasteiger partial charge is 0.224 e. The monoisotopic (exact) mass is 428 g/mol. The quantitative estimate of drug-likeness (QED) is 0.526. The summed E-state index contributed by atoms with van der Waals surface area (Å²) in [7, 11) is 3.85. The zero-order valence-corrected chi connectivity index (χ0v) is 18.7. The zero-order valence-electron chi connectivity index (χ0n) is 18.7. The first-order chi connectivity index (χ1) is 15.5. The number of benzene rings is 1. The molecule has 0 atom stereocenters. The number of anilines is 2. The molecule has 5 rings (SSSR count). The molecule has 4 aromatic rings. The van der Waals surface area contributed by atoms with Gasteiger partial charge in [0, 0.05) is 63.1 Å². The van der Waals surface area contributed by atoms with E-state index in [0.717, 1.165) is 43.3 Å². The number of nitrogen functional groups attached to an aromatic ring is 1. The molecule has 0 aliphatic carbocycles. The molecule has 0 fully saturated rings. The van der Waals surface area contributed by atoms with Crippen molar-refractivity contribution in [2.75, 3.05) is 37.8 Å². The average Bonchev–Trinajstić information content (AvgIpc) is 3.33. The van der Waals surface area contributed by atoms with Crippen LogP contribution in [0.25, 0.3) is 22.8 Å². The number of fused-ring (bicyclic) bond motifs is 3. The third kappa shape index (κ3) is 3.73. The Bertz CT molecular complexity index is 1300. The maximum atomic E-state index is 5.90. The largest absolute Gasteiger partial charge is 0.368 e. The van der Waals surface area contributed by atoms with Crippen LogP contribution in [-0.2, 0) is 13.1 Å². The summed E-state index contributed by atoms with van der Waals surface area (Å²) in [6, 6.07) is 12.8. The summed E-state index contributed by atoms with van der Waals surface area (Å²) in [5.74, 6) is 1.66. The molecule has 2 N–H and O–H groups in total. The van der Waals surface area contributed by atoms with Gasteiger partial charge in [-0.1, -0.05) is 30.4 Å². The lowest BCUT2D eigenvalue weighted by Crippen LogP contribution is -2.33. The molecule has 4 heterocycles. The summed E-state index contributed by atoms with van der Waals surface area (Å²) >= 11 is 0. The van der Waals surface area contributed by atoms with Crippen molar-refractivity contribution in [1.29, 1.82) is 0 Å². The Morgan fingerprint density at radius 2 is 1.97 bits per heavy atom. The standard InChI is InChI=1S/C24H28N8/c1-17-19(15-26-32(17)23-14-22(29(2)3)27-24(25)28-23)8-6-10-30-11-12-31-20(16-30)13-18-7-4-5-9-21(18)31/h4-9,13-15H,10-12,16H2,1-3H3,(H2,25,27,28)/b8-6+. The first-order valence-corrected chi connectivity index (χ1v) is 10.8. The summed E-state index contributed by atoms with van der Waals surface area (Å²) in [6.07, 6.45) is 6.22. The van der Waals surface area contributed by atoms with Gasteiger partial charge in [0.15, 0.2) is 5.82 Å². The molecule has 0 amide bonds. The van der Waals surface area contributed by atoms with Gasteiger partial charge in [-0.3, -0.25) is 4.90 Å². The summed E-state index contributed by atoms with van der Waals surface area (Å²) in [4.78, 5) is 13.0. The Hall–Kier alpha value is -3.65. The number of hydrogen-bond donors (Lipinski definition) is 1. The highest BCUT2D eigenvalue weighted by molar-refractivity contribution is 5.81. The lowest BCUT2D eigenvalue weighted by Gasteiger charge is -2.27. The van der Waals surface area contributed by atoms with Crippen molar-refractivity contribution in [2.24, 2.45) is 0 Å². The molecule has 1 aliphatic rings. The van der Waals surface area contributed by atoms with Gasteiger partial charge in [-0.15, -0.1) is 0 Å². The van der Waals surface area contributed by atoms with E-state index in [0.29, 0.717) is 5.82 Å². The van der Waals surface area contributed by atoms with E-state index in [-0.39, 0.29) is 5.95 Å². The van der Waals surface area contributed by atoms with Gasteiger partial charge < -0.3 is 15.2 Å². The number of nitrogens with two attached hydrogens (primary N) is 1. The molecule has 0 bridgehead atoms. The molecule has 1 aromatic carbocycles. The second-order valence-electron chi connectivity index (χ2n) is 8.42. The van der Waals surface area contributed by atoms with Crippen molar-refractivity contribution in [3.8, 4) is 5.82 Å². The van der Waals surface area contributed by atoms with Crippen LogP contribution >= 0.6 is 0 Å². The van der Waals surface area contributed by atoms with E-state index in [9.17, 15) is 0 Å². The van der Waals surface area contributed by atoms with Crippen LogP contribution in [0.5, 0.6) is 0 Å². The van der Waals surface area contributed by atoms with Gasteiger partial charge >= 0.3 is 0 Å². The van der Waals surface area contributed by atoms with Crippen LogP contribution in [0.2, 0.25) is 0 Å². The van der Waals surface area contributed by atoms with Crippen molar-refractivity contribution in [1.82, 2.24) is 29.2 Å². The van der Waals surface area contributed by atoms with Crippen molar-refractivity contribution >= 4 is 28.7 Å². The lowest BCUT2D eigenvalue weighted by molar-refractivity contribution is 0.247. The van der Waals surface area contributed by atoms with Crippen LogP contribution in [-0.4, -0.2) is 56.4 Å². The summed E-state index contributed by atoms with van der Waals surface area (Å²) in [6.45, 7) is 5.97. The van der Waals surface area contributed by atoms with Gasteiger partial charge in [0.2, 0.25) is 5.95 Å². The van der Waals surface area contributed by atoms with Crippen LogP contribution in [0, 0.1) is 6.92 Å². The maximum Gasteiger partial charge on any atom is 0.224 e. The number of rotatable bonds is 5. The van der Waals surface area contributed by atoms with Crippen LogP contribution < -0.4 is 10.6 Å². The minimum atomic E-state index is 0.237. The third-order valence-corrected chi connectivity index (χ3v) is 6.02. The van der Waals surface area contributed by atoms with Gasteiger partial charge in [0.1, 0.15) is 5.82 Å². The minimum Gasteiger partial charge on any atom is -0.368 e. The molecule has 0 spiro atoms. The minimum absolute atomic E-state index is 0.237. The normalized spacial score (nSPS) is 14.3. The van der Waals surface area contributed by atoms with Crippen molar-refractivity contribution in [3.63, 3.8) is 0 Å².